The summed E-state index contributed by atoms with van der Waals surface area (Å²) in [6, 6.07) is 4.05. The van der Waals surface area contributed by atoms with E-state index in [9.17, 15) is 19.5 Å². The number of nitrogens with zero attached hydrogens (tertiary/aromatic N) is 3. The maximum Gasteiger partial charge on any atom is 0.326 e. The first-order valence-electron chi connectivity index (χ1n) is 11.5. The van der Waals surface area contributed by atoms with Gasteiger partial charge >= 0.3 is 11.9 Å². The Balaban J connectivity index is 1.54. The number of nitrogen functional groups attached to an aromatic ring is 2. The Bertz CT molecular complexity index is 1340. The lowest BCUT2D eigenvalue weighted by molar-refractivity contribution is -0.140. The van der Waals surface area contributed by atoms with Crippen molar-refractivity contribution in [3.8, 4) is 0 Å². The molecule has 1 aliphatic carbocycles. The van der Waals surface area contributed by atoms with Crippen molar-refractivity contribution in [1.82, 2.24) is 20.3 Å². The summed E-state index contributed by atoms with van der Waals surface area (Å²) in [7, 11) is 0. The molecule has 12 heteroatoms. The molecule has 0 radical (unpaired) electrons. The number of anilines is 3. The lowest BCUT2D eigenvalue weighted by atomic mass is 9.86. The molecule has 1 aliphatic rings. The van der Waals surface area contributed by atoms with Gasteiger partial charge in [0.25, 0.3) is 5.91 Å². The van der Waals surface area contributed by atoms with Gasteiger partial charge in [-0.25, -0.2) is 9.78 Å². The summed E-state index contributed by atoms with van der Waals surface area (Å²) in [6.07, 6.45) is 4.47. The number of rotatable bonds is 9. The smallest absolute Gasteiger partial charge is 0.326 e. The average molecular weight is 494 g/mol. The highest BCUT2D eigenvalue weighted by molar-refractivity contribution is 5.99. The van der Waals surface area contributed by atoms with Crippen LogP contribution in [0.5, 0.6) is 0 Å². The van der Waals surface area contributed by atoms with E-state index in [1.807, 2.05) is 6.07 Å². The van der Waals surface area contributed by atoms with E-state index in [-0.39, 0.29) is 24.6 Å². The number of fused-ring (bicyclic) bond motifs is 2. The van der Waals surface area contributed by atoms with E-state index in [0.29, 0.717) is 29.6 Å². The fraction of sp³-hybridized carbons (Fsp3) is 0.333. The van der Waals surface area contributed by atoms with Gasteiger partial charge in [-0.2, -0.15) is 9.97 Å². The van der Waals surface area contributed by atoms with Crippen LogP contribution in [0.25, 0.3) is 11.0 Å². The van der Waals surface area contributed by atoms with Crippen LogP contribution >= 0.6 is 0 Å². The number of carbonyl (C=O) groups is 3. The lowest BCUT2D eigenvalue weighted by Crippen LogP contribution is -2.41. The third kappa shape index (κ3) is 5.43. The standard InChI is InChI=1S/C24H27N7O5/c25-20-16-9-12(11-28-21(16)31-24(26)30-20)10-27-17-6-5-15(13-3-1-2-4-14(13)17)22(34)29-18(23(35)36)7-8-19(32)33/h5-6,9,11,18,27H,1-4,7-8,10H2,(H,29,34)(H,32,33)(H,35,36)(H4,25,26,28,30,31)/t18-/m0/s1. The van der Waals surface area contributed by atoms with Gasteiger partial charge in [-0.1, -0.05) is 0 Å². The number of aliphatic carboxylic acids is 2. The van der Waals surface area contributed by atoms with Crippen LogP contribution in [0.2, 0.25) is 0 Å². The second-order valence-electron chi connectivity index (χ2n) is 8.66. The summed E-state index contributed by atoms with van der Waals surface area (Å²) in [5.74, 6) is -2.60. The molecule has 0 spiro atoms. The monoisotopic (exact) mass is 493 g/mol. The van der Waals surface area contributed by atoms with Gasteiger partial charge in [-0.05, 0) is 67.0 Å². The van der Waals surface area contributed by atoms with E-state index >= 15 is 0 Å². The van der Waals surface area contributed by atoms with Crippen molar-refractivity contribution in [1.29, 1.82) is 0 Å². The van der Waals surface area contributed by atoms with Gasteiger partial charge in [-0.3, -0.25) is 9.59 Å². The quantitative estimate of drug-likeness (QED) is 0.253. The average Bonchev–Trinajstić information content (AvgIpc) is 2.84. The molecule has 1 aromatic carbocycles. The number of carbonyl (C=O) groups excluding carboxylic acids is 1. The zero-order valence-electron chi connectivity index (χ0n) is 19.5. The molecule has 12 nitrogen and oxygen atoms in total. The first kappa shape index (κ1) is 24.6. The van der Waals surface area contributed by atoms with Crippen LogP contribution < -0.4 is 22.1 Å². The molecule has 4 rings (SSSR count). The van der Waals surface area contributed by atoms with E-state index < -0.39 is 23.9 Å². The van der Waals surface area contributed by atoms with Crippen LogP contribution in [0.4, 0.5) is 17.5 Å². The van der Waals surface area contributed by atoms with Crippen molar-refractivity contribution < 1.29 is 24.6 Å². The van der Waals surface area contributed by atoms with E-state index in [4.69, 9.17) is 16.6 Å². The number of aromatic nitrogens is 3. The van der Waals surface area contributed by atoms with Crippen molar-refractivity contribution in [2.24, 2.45) is 0 Å². The van der Waals surface area contributed by atoms with Crippen molar-refractivity contribution in [3.63, 3.8) is 0 Å². The summed E-state index contributed by atoms with van der Waals surface area (Å²) >= 11 is 0. The number of hydrogen-bond donors (Lipinski definition) is 6. The Morgan fingerprint density at radius 1 is 1.06 bits per heavy atom. The normalized spacial score (nSPS) is 13.6. The number of hydrogen-bond acceptors (Lipinski definition) is 9. The molecule has 188 valence electrons. The molecule has 2 aromatic heterocycles. The first-order valence-corrected chi connectivity index (χ1v) is 11.5. The molecule has 1 amide bonds. The van der Waals surface area contributed by atoms with Crippen molar-refractivity contribution in [2.75, 3.05) is 16.8 Å². The molecule has 0 unspecified atom stereocenters. The van der Waals surface area contributed by atoms with Crippen molar-refractivity contribution in [3.05, 3.63) is 46.6 Å². The van der Waals surface area contributed by atoms with Gasteiger partial charge in [-0.15, -0.1) is 0 Å². The molecule has 0 fully saturated rings. The Hall–Kier alpha value is -4.48. The summed E-state index contributed by atoms with van der Waals surface area (Å²) < 4.78 is 0. The van der Waals surface area contributed by atoms with E-state index in [2.05, 4.69) is 25.6 Å². The molecule has 3 aromatic rings. The van der Waals surface area contributed by atoms with Gasteiger partial charge in [0, 0.05) is 30.4 Å². The maximum atomic E-state index is 13.0. The minimum atomic E-state index is -1.28. The van der Waals surface area contributed by atoms with Crippen LogP contribution in [-0.4, -0.2) is 49.1 Å². The third-order valence-electron chi connectivity index (χ3n) is 6.17. The molecule has 2 heterocycles. The highest BCUT2D eigenvalue weighted by Crippen LogP contribution is 2.31. The summed E-state index contributed by atoms with van der Waals surface area (Å²) in [5.41, 5.74) is 16.0. The molecular formula is C24H27N7O5. The number of benzene rings is 1. The van der Waals surface area contributed by atoms with Gasteiger partial charge in [0.1, 0.15) is 11.9 Å². The molecule has 0 aliphatic heterocycles. The number of carboxylic acids is 2. The SMILES string of the molecule is Nc1nc(N)c2cc(CNc3ccc(C(=O)N[C@@H](CCC(=O)O)C(=O)O)c4c3CCCC4)cnc2n1. The molecular weight excluding hydrogens is 466 g/mol. The lowest BCUT2D eigenvalue weighted by Gasteiger charge is -2.24. The van der Waals surface area contributed by atoms with Gasteiger partial charge in [0.15, 0.2) is 5.65 Å². The fourth-order valence-corrected chi connectivity index (χ4v) is 4.40. The van der Waals surface area contributed by atoms with Gasteiger partial charge < -0.3 is 32.3 Å². The van der Waals surface area contributed by atoms with Gasteiger partial charge in [0.05, 0.1) is 5.39 Å². The number of pyridine rings is 1. The van der Waals surface area contributed by atoms with Crippen LogP contribution in [0.3, 0.4) is 0 Å². The number of nitrogens with two attached hydrogens (primary N) is 2. The Labute approximate surface area is 206 Å². The van der Waals surface area contributed by atoms with E-state index in [0.717, 1.165) is 41.6 Å². The van der Waals surface area contributed by atoms with E-state index in [1.54, 1.807) is 18.3 Å². The molecule has 0 bridgehead atoms. The predicted molar refractivity (Wildman–Crippen MR) is 132 cm³/mol. The van der Waals surface area contributed by atoms with Crippen LogP contribution in [0.15, 0.2) is 24.4 Å². The highest BCUT2D eigenvalue weighted by Gasteiger charge is 2.25. The number of carboxylic acid groups (broad SMARTS) is 2. The number of nitrogens with one attached hydrogen (secondary N) is 2. The Kier molecular flexibility index (Phi) is 7.13. The van der Waals surface area contributed by atoms with Gasteiger partial charge in [0.2, 0.25) is 5.95 Å². The highest BCUT2D eigenvalue weighted by atomic mass is 16.4. The van der Waals surface area contributed by atoms with Crippen LogP contribution in [0, 0.1) is 0 Å². The predicted octanol–water partition coefficient (Wildman–Crippen LogP) is 1.73. The second kappa shape index (κ2) is 10.4. The minimum Gasteiger partial charge on any atom is -0.481 e. The molecule has 36 heavy (non-hydrogen) atoms. The fourth-order valence-electron chi connectivity index (χ4n) is 4.40. The molecule has 1 atom stereocenters. The zero-order chi connectivity index (χ0) is 25.8. The maximum absolute atomic E-state index is 13.0. The molecule has 0 saturated heterocycles. The van der Waals surface area contributed by atoms with Crippen molar-refractivity contribution in [2.45, 2.75) is 51.1 Å². The first-order chi connectivity index (χ1) is 17.2. The summed E-state index contributed by atoms with van der Waals surface area (Å²) in [4.78, 5) is 47.7. The summed E-state index contributed by atoms with van der Waals surface area (Å²) in [5, 5.41) is 24.7. The van der Waals surface area contributed by atoms with E-state index in [1.165, 1.54) is 0 Å². The zero-order valence-corrected chi connectivity index (χ0v) is 19.5. The third-order valence-corrected chi connectivity index (χ3v) is 6.17. The Morgan fingerprint density at radius 3 is 2.53 bits per heavy atom. The summed E-state index contributed by atoms with van der Waals surface area (Å²) in [6.45, 7) is 0.445. The van der Waals surface area contributed by atoms with Crippen molar-refractivity contribution >= 4 is 46.3 Å². The second-order valence-corrected chi connectivity index (χ2v) is 8.66. The Morgan fingerprint density at radius 2 is 1.81 bits per heavy atom. The minimum absolute atomic E-state index is 0.0608. The number of amides is 1. The largest absolute Gasteiger partial charge is 0.481 e. The van der Waals surface area contributed by atoms with Crippen LogP contribution in [-0.2, 0) is 29.0 Å². The molecule has 8 N–H and O–H groups in total. The molecule has 0 saturated carbocycles. The topological polar surface area (TPSA) is 206 Å². The van der Waals surface area contributed by atoms with Crippen LogP contribution in [0.1, 0.15) is 52.7 Å².